The Morgan fingerprint density at radius 3 is 2.79 bits per heavy atom. The Kier molecular flexibility index (Phi) is 3.91. The first-order valence-corrected chi connectivity index (χ1v) is 7.95. The summed E-state index contributed by atoms with van der Waals surface area (Å²) in [7, 11) is -3.04. The predicted octanol–water partition coefficient (Wildman–Crippen LogP) is -0.426. The third-order valence-electron chi connectivity index (χ3n) is 3.22. The van der Waals surface area contributed by atoms with Crippen LogP contribution in [-0.2, 0) is 21.1 Å². The molecule has 2 N–H and O–H groups in total. The number of ether oxygens (including phenoxy) is 1. The Hall–Kier alpha value is -1.41. The number of primary amides is 1. The van der Waals surface area contributed by atoms with Gasteiger partial charge in [0.25, 0.3) is 5.91 Å². The van der Waals surface area contributed by atoms with Gasteiger partial charge in [-0.25, -0.2) is 8.42 Å². The van der Waals surface area contributed by atoms with Crippen molar-refractivity contribution in [3.05, 3.63) is 18.0 Å². The summed E-state index contributed by atoms with van der Waals surface area (Å²) in [6.45, 7) is 0.706. The van der Waals surface area contributed by atoms with Gasteiger partial charge < -0.3 is 10.5 Å². The van der Waals surface area contributed by atoms with Crippen LogP contribution in [0, 0.1) is 0 Å². The highest BCUT2D eigenvalue weighted by molar-refractivity contribution is 7.91. The summed E-state index contributed by atoms with van der Waals surface area (Å²) in [5.41, 5.74) is 5.33. The van der Waals surface area contributed by atoms with Crippen LogP contribution in [0.2, 0.25) is 0 Å². The SMILES string of the molecule is CS(=O)(=O)[C@@H]1CC[C@@H](Cn2ccc(C(N)=O)n2)OC1. The minimum Gasteiger partial charge on any atom is -0.375 e. The molecule has 1 aromatic rings. The van der Waals surface area contributed by atoms with Crippen LogP contribution in [0.15, 0.2) is 12.3 Å². The normalized spacial score (nSPS) is 24.3. The molecule has 0 aromatic carbocycles. The van der Waals surface area contributed by atoms with Crippen LogP contribution in [0.4, 0.5) is 0 Å². The fourth-order valence-electron chi connectivity index (χ4n) is 2.07. The molecule has 0 spiro atoms. The smallest absolute Gasteiger partial charge is 0.269 e. The lowest BCUT2D eigenvalue weighted by molar-refractivity contribution is 0.00610. The van der Waals surface area contributed by atoms with Gasteiger partial charge in [0, 0.05) is 12.5 Å². The van der Waals surface area contributed by atoms with Crippen LogP contribution < -0.4 is 5.73 Å². The second-order valence-electron chi connectivity index (χ2n) is 4.77. The minimum atomic E-state index is -3.04. The van der Waals surface area contributed by atoms with Gasteiger partial charge in [0.1, 0.15) is 5.69 Å². The molecule has 0 aliphatic carbocycles. The van der Waals surface area contributed by atoms with E-state index in [-0.39, 0.29) is 18.4 Å². The molecule has 1 aliphatic rings. The number of nitrogens with zero attached hydrogens (tertiary/aromatic N) is 2. The first-order valence-electron chi connectivity index (χ1n) is 6.00. The van der Waals surface area contributed by atoms with Crippen molar-refractivity contribution in [3.8, 4) is 0 Å². The number of carbonyl (C=O) groups is 1. The molecule has 2 rings (SSSR count). The van der Waals surface area contributed by atoms with Crippen LogP contribution in [0.25, 0.3) is 0 Å². The number of rotatable bonds is 4. The average molecular weight is 287 g/mol. The van der Waals surface area contributed by atoms with Crippen molar-refractivity contribution in [3.63, 3.8) is 0 Å². The Labute approximate surface area is 111 Å². The molecule has 0 saturated carbocycles. The van der Waals surface area contributed by atoms with Crippen LogP contribution in [0.5, 0.6) is 0 Å². The Morgan fingerprint density at radius 2 is 2.32 bits per heavy atom. The molecule has 0 unspecified atom stereocenters. The number of carbonyl (C=O) groups excluding carboxylic acids is 1. The zero-order valence-electron chi connectivity index (χ0n) is 10.7. The van der Waals surface area contributed by atoms with Gasteiger partial charge in [0.15, 0.2) is 9.84 Å². The molecule has 1 saturated heterocycles. The fraction of sp³-hybridized carbons (Fsp3) is 0.636. The molecule has 1 aliphatic heterocycles. The maximum atomic E-state index is 11.4. The lowest BCUT2D eigenvalue weighted by Gasteiger charge is -2.27. The molecular formula is C11H17N3O4S. The van der Waals surface area contributed by atoms with Crippen LogP contribution in [0.1, 0.15) is 23.3 Å². The largest absolute Gasteiger partial charge is 0.375 e. The summed E-state index contributed by atoms with van der Waals surface area (Å²) >= 11 is 0. The van der Waals surface area contributed by atoms with E-state index < -0.39 is 21.0 Å². The maximum absolute atomic E-state index is 11.4. The van der Waals surface area contributed by atoms with Crippen molar-refractivity contribution in [1.82, 2.24) is 9.78 Å². The van der Waals surface area contributed by atoms with E-state index in [1.165, 1.54) is 6.26 Å². The number of hydrogen-bond acceptors (Lipinski definition) is 5. The maximum Gasteiger partial charge on any atom is 0.269 e. The first-order chi connectivity index (χ1) is 8.86. The summed E-state index contributed by atoms with van der Waals surface area (Å²) in [5, 5.41) is 3.60. The van der Waals surface area contributed by atoms with Crippen molar-refractivity contribution in [1.29, 1.82) is 0 Å². The van der Waals surface area contributed by atoms with Gasteiger partial charge in [-0.2, -0.15) is 5.10 Å². The molecule has 1 fully saturated rings. The lowest BCUT2D eigenvalue weighted by atomic mass is 10.1. The number of nitrogens with two attached hydrogens (primary N) is 1. The first kappa shape index (κ1) is 14.0. The van der Waals surface area contributed by atoms with Crippen LogP contribution >= 0.6 is 0 Å². The van der Waals surface area contributed by atoms with Gasteiger partial charge in [-0.05, 0) is 18.9 Å². The van der Waals surface area contributed by atoms with Crippen molar-refractivity contribution >= 4 is 15.7 Å². The molecule has 0 bridgehead atoms. The highest BCUT2D eigenvalue weighted by atomic mass is 32.2. The van der Waals surface area contributed by atoms with E-state index in [0.29, 0.717) is 19.4 Å². The predicted molar refractivity (Wildman–Crippen MR) is 68.4 cm³/mol. The van der Waals surface area contributed by atoms with Crippen molar-refractivity contribution in [2.45, 2.75) is 30.7 Å². The van der Waals surface area contributed by atoms with Gasteiger partial charge in [0.2, 0.25) is 0 Å². The third kappa shape index (κ3) is 3.54. The Morgan fingerprint density at radius 1 is 1.58 bits per heavy atom. The lowest BCUT2D eigenvalue weighted by Crippen LogP contribution is -2.36. The van der Waals surface area contributed by atoms with Crippen molar-refractivity contribution in [2.24, 2.45) is 5.73 Å². The molecule has 19 heavy (non-hydrogen) atoms. The topological polar surface area (TPSA) is 104 Å². The highest BCUT2D eigenvalue weighted by Gasteiger charge is 2.28. The van der Waals surface area contributed by atoms with Gasteiger partial charge >= 0.3 is 0 Å². The van der Waals surface area contributed by atoms with E-state index in [1.807, 2.05) is 0 Å². The van der Waals surface area contributed by atoms with Crippen LogP contribution in [-0.4, -0.2) is 48.3 Å². The quantitative estimate of drug-likeness (QED) is 0.809. The summed E-state index contributed by atoms with van der Waals surface area (Å²) in [6, 6.07) is 1.55. The van der Waals surface area contributed by atoms with E-state index in [4.69, 9.17) is 10.5 Å². The molecule has 2 atom stereocenters. The van der Waals surface area contributed by atoms with E-state index in [0.717, 1.165) is 0 Å². The minimum absolute atomic E-state index is 0.0846. The number of hydrogen-bond donors (Lipinski definition) is 1. The van der Waals surface area contributed by atoms with Gasteiger partial charge in [-0.3, -0.25) is 9.48 Å². The fourth-order valence-corrected chi connectivity index (χ4v) is 2.96. The third-order valence-corrected chi connectivity index (χ3v) is 4.80. The van der Waals surface area contributed by atoms with Gasteiger partial charge in [0.05, 0.1) is 24.5 Å². The molecule has 1 amide bonds. The second-order valence-corrected chi connectivity index (χ2v) is 7.10. The van der Waals surface area contributed by atoms with E-state index in [9.17, 15) is 13.2 Å². The summed E-state index contributed by atoms with van der Waals surface area (Å²) in [5.74, 6) is -0.569. The molecular weight excluding hydrogens is 270 g/mol. The highest BCUT2D eigenvalue weighted by Crippen LogP contribution is 2.19. The van der Waals surface area contributed by atoms with Crippen LogP contribution in [0.3, 0.4) is 0 Å². The average Bonchev–Trinajstić information content (AvgIpc) is 2.77. The Bertz CT molecular complexity index is 558. The summed E-state index contributed by atoms with van der Waals surface area (Å²) in [6.07, 6.45) is 4.05. The van der Waals surface area contributed by atoms with E-state index in [2.05, 4.69) is 5.10 Å². The zero-order chi connectivity index (χ0) is 14.0. The molecule has 1 aromatic heterocycles. The molecule has 7 nitrogen and oxygen atoms in total. The number of aromatic nitrogens is 2. The molecule has 0 radical (unpaired) electrons. The van der Waals surface area contributed by atoms with Crippen molar-refractivity contribution < 1.29 is 17.9 Å². The number of sulfone groups is 1. The number of amides is 1. The second kappa shape index (κ2) is 5.30. The Balaban J connectivity index is 1.90. The summed E-state index contributed by atoms with van der Waals surface area (Å²) < 4.78 is 29.9. The van der Waals surface area contributed by atoms with Gasteiger partial charge in [-0.15, -0.1) is 0 Å². The van der Waals surface area contributed by atoms with Gasteiger partial charge in [-0.1, -0.05) is 0 Å². The monoisotopic (exact) mass is 287 g/mol. The standard InChI is InChI=1S/C11H17N3O4S/c1-19(16,17)9-3-2-8(18-7-9)6-14-5-4-10(13-14)11(12)15/h4-5,8-9H,2-3,6-7H2,1H3,(H2,12,15)/t8-,9+/m0/s1. The van der Waals surface area contributed by atoms with E-state index in [1.54, 1.807) is 16.9 Å². The zero-order valence-corrected chi connectivity index (χ0v) is 11.5. The molecule has 2 heterocycles. The summed E-state index contributed by atoms with van der Waals surface area (Å²) in [4.78, 5) is 10.9. The van der Waals surface area contributed by atoms with Crippen molar-refractivity contribution in [2.75, 3.05) is 12.9 Å². The van der Waals surface area contributed by atoms with E-state index >= 15 is 0 Å². The molecule has 8 heteroatoms. The molecule has 106 valence electrons.